The molecule has 0 saturated heterocycles. The standard InChI is InChI=1S/C17H27NO/c1-13-16(19-2)11-10-15(12-18)17(13)14-8-6-4-3-5-7-9-14/h10-11,14H,3-9,12,18H2,1-2H3. The van der Waals surface area contributed by atoms with Gasteiger partial charge in [-0.15, -0.1) is 0 Å². The summed E-state index contributed by atoms with van der Waals surface area (Å²) in [4.78, 5) is 0. The molecule has 0 spiro atoms. The topological polar surface area (TPSA) is 35.2 Å². The van der Waals surface area contributed by atoms with Gasteiger partial charge in [0, 0.05) is 6.54 Å². The zero-order valence-electron chi connectivity index (χ0n) is 12.4. The van der Waals surface area contributed by atoms with Crippen LogP contribution in [-0.2, 0) is 6.54 Å². The Morgan fingerprint density at radius 2 is 1.74 bits per heavy atom. The van der Waals surface area contributed by atoms with Crippen LogP contribution in [0.4, 0.5) is 0 Å². The van der Waals surface area contributed by atoms with Crippen molar-refractivity contribution in [2.75, 3.05) is 7.11 Å². The van der Waals surface area contributed by atoms with Crippen LogP contribution in [0.15, 0.2) is 12.1 Å². The highest BCUT2D eigenvalue weighted by atomic mass is 16.5. The third-order valence-electron chi connectivity index (χ3n) is 4.51. The zero-order valence-corrected chi connectivity index (χ0v) is 12.4. The summed E-state index contributed by atoms with van der Waals surface area (Å²) >= 11 is 0. The Morgan fingerprint density at radius 3 is 2.32 bits per heavy atom. The summed E-state index contributed by atoms with van der Waals surface area (Å²) in [6, 6.07) is 4.21. The molecule has 2 rings (SSSR count). The number of methoxy groups -OCH3 is 1. The second-order valence-electron chi connectivity index (χ2n) is 5.71. The maximum Gasteiger partial charge on any atom is 0.122 e. The van der Waals surface area contributed by atoms with Gasteiger partial charge in [0.25, 0.3) is 0 Å². The van der Waals surface area contributed by atoms with Crippen molar-refractivity contribution in [2.45, 2.75) is 64.3 Å². The molecule has 0 aliphatic heterocycles. The smallest absolute Gasteiger partial charge is 0.122 e. The molecule has 0 amide bonds. The lowest BCUT2D eigenvalue weighted by Gasteiger charge is -2.25. The van der Waals surface area contributed by atoms with Crippen molar-refractivity contribution in [3.8, 4) is 5.75 Å². The molecular formula is C17H27NO. The molecule has 1 aromatic carbocycles. The Morgan fingerprint density at radius 1 is 1.11 bits per heavy atom. The number of nitrogens with two attached hydrogens (primary N) is 1. The van der Waals surface area contributed by atoms with Crippen molar-refractivity contribution in [3.63, 3.8) is 0 Å². The maximum atomic E-state index is 5.95. The van der Waals surface area contributed by atoms with Crippen molar-refractivity contribution in [2.24, 2.45) is 5.73 Å². The van der Waals surface area contributed by atoms with Crippen LogP contribution in [0.3, 0.4) is 0 Å². The first-order valence-corrected chi connectivity index (χ1v) is 7.64. The van der Waals surface area contributed by atoms with Crippen LogP contribution in [0.1, 0.15) is 67.6 Å². The van der Waals surface area contributed by atoms with E-state index in [1.54, 1.807) is 7.11 Å². The second kappa shape index (κ2) is 6.95. The first-order chi connectivity index (χ1) is 9.27. The fraction of sp³-hybridized carbons (Fsp3) is 0.647. The quantitative estimate of drug-likeness (QED) is 0.881. The largest absolute Gasteiger partial charge is 0.496 e. The summed E-state index contributed by atoms with van der Waals surface area (Å²) in [6.07, 6.45) is 9.50. The highest BCUT2D eigenvalue weighted by Gasteiger charge is 2.20. The number of rotatable bonds is 3. The molecule has 0 atom stereocenters. The van der Waals surface area contributed by atoms with E-state index in [2.05, 4.69) is 19.1 Å². The lowest BCUT2D eigenvalue weighted by Crippen LogP contribution is -2.11. The molecule has 2 nitrogen and oxygen atoms in total. The number of hydrogen-bond donors (Lipinski definition) is 1. The van der Waals surface area contributed by atoms with E-state index in [-0.39, 0.29) is 0 Å². The predicted molar refractivity (Wildman–Crippen MR) is 80.7 cm³/mol. The van der Waals surface area contributed by atoms with E-state index >= 15 is 0 Å². The third-order valence-corrected chi connectivity index (χ3v) is 4.51. The molecule has 106 valence electrons. The van der Waals surface area contributed by atoms with E-state index in [4.69, 9.17) is 10.5 Å². The van der Waals surface area contributed by atoms with Gasteiger partial charge in [0.2, 0.25) is 0 Å². The summed E-state index contributed by atoms with van der Waals surface area (Å²) in [6.45, 7) is 2.82. The lowest BCUT2D eigenvalue weighted by atomic mass is 9.81. The molecule has 0 radical (unpaired) electrons. The second-order valence-corrected chi connectivity index (χ2v) is 5.71. The monoisotopic (exact) mass is 261 g/mol. The molecule has 1 saturated carbocycles. The van der Waals surface area contributed by atoms with Crippen LogP contribution in [0.2, 0.25) is 0 Å². The van der Waals surface area contributed by atoms with E-state index in [0.29, 0.717) is 12.5 Å². The average Bonchev–Trinajstić information content (AvgIpc) is 2.39. The number of ether oxygens (including phenoxy) is 1. The van der Waals surface area contributed by atoms with Gasteiger partial charge >= 0.3 is 0 Å². The maximum absolute atomic E-state index is 5.95. The summed E-state index contributed by atoms with van der Waals surface area (Å²) in [5.74, 6) is 1.68. The van der Waals surface area contributed by atoms with Crippen LogP contribution < -0.4 is 10.5 Å². The minimum atomic E-state index is 0.636. The summed E-state index contributed by atoms with van der Waals surface area (Å²) in [5, 5.41) is 0. The van der Waals surface area contributed by atoms with Gasteiger partial charge < -0.3 is 10.5 Å². The SMILES string of the molecule is COc1ccc(CN)c(C2CCCCCCC2)c1C. The van der Waals surface area contributed by atoms with Crippen molar-refractivity contribution in [3.05, 3.63) is 28.8 Å². The summed E-state index contributed by atoms with van der Waals surface area (Å²) in [5.41, 5.74) is 10.0. The highest BCUT2D eigenvalue weighted by molar-refractivity contribution is 5.46. The fourth-order valence-corrected chi connectivity index (χ4v) is 3.48. The third kappa shape index (κ3) is 3.30. The van der Waals surface area contributed by atoms with Crippen LogP contribution in [-0.4, -0.2) is 7.11 Å². The van der Waals surface area contributed by atoms with Gasteiger partial charge in [-0.3, -0.25) is 0 Å². The van der Waals surface area contributed by atoms with E-state index in [9.17, 15) is 0 Å². The van der Waals surface area contributed by atoms with Gasteiger partial charge in [-0.25, -0.2) is 0 Å². The molecule has 1 aromatic rings. The predicted octanol–water partition coefficient (Wildman–Crippen LogP) is 4.29. The molecule has 0 unspecified atom stereocenters. The Labute approximate surface area is 117 Å². The van der Waals surface area contributed by atoms with Gasteiger partial charge in [-0.1, -0.05) is 38.2 Å². The normalized spacial score (nSPS) is 17.8. The Kier molecular flexibility index (Phi) is 5.26. The van der Waals surface area contributed by atoms with E-state index in [1.165, 1.54) is 61.6 Å². The molecule has 0 aromatic heterocycles. The van der Waals surface area contributed by atoms with Gasteiger partial charge in [0.1, 0.15) is 5.75 Å². The first-order valence-electron chi connectivity index (χ1n) is 7.64. The summed E-state index contributed by atoms with van der Waals surface area (Å²) < 4.78 is 5.49. The van der Waals surface area contributed by atoms with Crippen LogP contribution in [0.5, 0.6) is 5.75 Å². The molecule has 2 N–H and O–H groups in total. The molecule has 1 fully saturated rings. The molecular weight excluding hydrogens is 234 g/mol. The number of hydrogen-bond acceptors (Lipinski definition) is 2. The van der Waals surface area contributed by atoms with Crippen LogP contribution in [0.25, 0.3) is 0 Å². The lowest BCUT2D eigenvalue weighted by molar-refractivity contribution is 0.407. The minimum Gasteiger partial charge on any atom is -0.496 e. The number of benzene rings is 1. The van der Waals surface area contributed by atoms with Gasteiger partial charge in [-0.05, 0) is 48.4 Å². The van der Waals surface area contributed by atoms with Gasteiger partial charge in [-0.2, -0.15) is 0 Å². The first kappa shape index (κ1) is 14.4. The molecule has 0 bridgehead atoms. The van der Waals surface area contributed by atoms with Crippen molar-refractivity contribution in [1.82, 2.24) is 0 Å². The van der Waals surface area contributed by atoms with Crippen LogP contribution >= 0.6 is 0 Å². The Hall–Kier alpha value is -1.02. The molecule has 19 heavy (non-hydrogen) atoms. The van der Waals surface area contributed by atoms with Crippen LogP contribution in [0, 0.1) is 6.92 Å². The van der Waals surface area contributed by atoms with Gasteiger partial charge in [0.15, 0.2) is 0 Å². The minimum absolute atomic E-state index is 0.636. The Balaban J connectivity index is 2.34. The zero-order chi connectivity index (χ0) is 13.7. The molecule has 1 aliphatic carbocycles. The van der Waals surface area contributed by atoms with Crippen molar-refractivity contribution < 1.29 is 4.74 Å². The van der Waals surface area contributed by atoms with E-state index in [0.717, 1.165) is 5.75 Å². The average molecular weight is 261 g/mol. The molecule has 0 heterocycles. The fourth-order valence-electron chi connectivity index (χ4n) is 3.48. The highest BCUT2D eigenvalue weighted by Crippen LogP contribution is 2.37. The van der Waals surface area contributed by atoms with Gasteiger partial charge in [0.05, 0.1) is 7.11 Å². The van der Waals surface area contributed by atoms with E-state index in [1.807, 2.05) is 0 Å². The molecule has 2 heteroatoms. The van der Waals surface area contributed by atoms with E-state index < -0.39 is 0 Å². The summed E-state index contributed by atoms with van der Waals surface area (Å²) in [7, 11) is 1.76. The molecule has 1 aliphatic rings. The Bertz CT molecular complexity index is 406. The van der Waals surface area contributed by atoms with Crippen molar-refractivity contribution in [1.29, 1.82) is 0 Å². The van der Waals surface area contributed by atoms with Crippen molar-refractivity contribution >= 4 is 0 Å².